The number of aromatic nitrogens is 4. The van der Waals surface area contributed by atoms with E-state index in [0.29, 0.717) is 5.69 Å². The van der Waals surface area contributed by atoms with Gasteiger partial charge >= 0.3 is 0 Å². The van der Waals surface area contributed by atoms with Crippen LogP contribution in [0.25, 0.3) is 0 Å². The maximum Gasteiger partial charge on any atom is 0.263 e. The lowest BCUT2D eigenvalue weighted by atomic mass is 10.3. The Balaban J connectivity index is 1.75. The van der Waals surface area contributed by atoms with Crippen LogP contribution in [0, 0.1) is 0 Å². The van der Waals surface area contributed by atoms with Crippen molar-refractivity contribution in [3.63, 3.8) is 0 Å². The Labute approximate surface area is 153 Å². The summed E-state index contributed by atoms with van der Waals surface area (Å²) in [5.74, 6) is 0.623. The summed E-state index contributed by atoms with van der Waals surface area (Å²) in [5.41, 5.74) is 11.8. The molecule has 0 saturated carbocycles. The molecule has 0 saturated heterocycles. The molecular weight excluding hydrogens is 374 g/mol. The Morgan fingerprint density at radius 3 is 2.37 bits per heavy atom. The quantitative estimate of drug-likeness (QED) is 0.457. The minimum absolute atomic E-state index is 0.0152. The molecule has 12 nitrogen and oxygen atoms in total. The first-order chi connectivity index (χ1) is 12.9. The fourth-order valence-corrected chi connectivity index (χ4v) is 2.95. The maximum absolute atomic E-state index is 12.4. The number of nitrogen functional groups attached to an aromatic ring is 2. The number of nitrogens with two attached hydrogens (primary N) is 2. The van der Waals surface area contributed by atoms with E-state index in [4.69, 9.17) is 16.2 Å². The molecule has 0 aliphatic rings. The molecule has 3 rings (SSSR count). The van der Waals surface area contributed by atoms with E-state index in [1.165, 1.54) is 43.5 Å². The second-order valence-electron chi connectivity index (χ2n) is 5.13. The van der Waals surface area contributed by atoms with Gasteiger partial charge in [0.2, 0.25) is 5.88 Å². The zero-order valence-corrected chi connectivity index (χ0v) is 14.8. The van der Waals surface area contributed by atoms with Crippen LogP contribution in [-0.2, 0) is 10.0 Å². The Morgan fingerprint density at radius 2 is 1.81 bits per heavy atom. The SMILES string of the molecule is COc1ccc(NS(=O)(=O)c2ccc(N=Nc3c(N)n[nH]c3N)cc2)nn1. The minimum Gasteiger partial charge on any atom is -0.480 e. The molecule has 6 N–H and O–H groups in total. The molecular formula is C14H15N9O3S. The maximum atomic E-state index is 12.4. The number of anilines is 3. The van der Waals surface area contributed by atoms with Crippen LogP contribution >= 0.6 is 0 Å². The molecule has 2 heterocycles. The predicted molar refractivity (Wildman–Crippen MR) is 97.4 cm³/mol. The van der Waals surface area contributed by atoms with E-state index >= 15 is 0 Å². The molecule has 0 spiro atoms. The third-order valence-electron chi connectivity index (χ3n) is 3.30. The van der Waals surface area contributed by atoms with Crippen molar-refractivity contribution in [2.45, 2.75) is 4.90 Å². The lowest BCUT2D eigenvalue weighted by Gasteiger charge is -2.07. The average Bonchev–Trinajstić information content (AvgIpc) is 2.98. The van der Waals surface area contributed by atoms with Gasteiger partial charge in [0, 0.05) is 6.07 Å². The lowest BCUT2D eigenvalue weighted by Crippen LogP contribution is -2.14. The van der Waals surface area contributed by atoms with Crippen LogP contribution in [0.3, 0.4) is 0 Å². The van der Waals surface area contributed by atoms with Gasteiger partial charge in [-0.1, -0.05) is 0 Å². The Morgan fingerprint density at radius 1 is 1.07 bits per heavy atom. The smallest absolute Gasteiger partial charge is 0.263 e. The van der Waals surface area contributed by atoms with Gasteiger partial charge in [0.25, 0.3) is 10.0 Å². The van der Waals surface area contributed by atoms with Gasteiger partial charge in [-0.05, 0) is 30.3 Å². The second kappa shape index (κ2) is 7.25. The van der Waals surface area contributed by atoms with Gasteiger partial charge in [0.05, 0.1) is 17.7 Å². The van der Waals surface area contributed by atoms with Crippen LogP contribution in [-0.4, -0.2) is 35.9 Å². The van der Waals surface area contributed by atoms with Crippen LogP contribution in [0.15, 0.2) is 51.5 Å². The zero-order chi connectivity index (χ0) is 19.4. The van der Waals surface area contributed by atoms with Crippen molar-refractivity contribution >= 4 is 38.9 Å². The van der Waals surface area contributed by atoms with Gasteiger partial charge in [-0.3, -0.25) is 9.82 Å². The summed E-state index contributed by atoms with van der Waals surface area (Å²) in [6.07, 6.45) is 0. The molecule has 0 aliphatic heterocycles. The van der Waals surface area contributed by atoms with Crippen LogP contribution in [0.4, 0.5) is 28.8 Å². The highest BCUT2D eigenvalue weighted by molar-refractivity contribution is 7.92. The van der Waals surface area contributed by atoms with Crippen LogP contribution in [0.5, 0.6) is 5.88 Å². The highest BCUT2D eigenvalue weighted by Crippen LogP contribution is 2.28. The number of hydrogen-bond acceptors (Lipinski definition) is 10. The van der Waals surface area contributed by atoms with E-state index in [-0.39, 0.29) is 33.9 Å². The van der Waals surface area contributed by atoms with Crippen LogP contribution in [0.2, 0.25) is 0 Å². The van der Waals surface area contributed by atoms with E-state index in [0.717, 1.165) is 0 Å². The Hall–Kier alpha value is -3.74. The molecule has 2 aromatic heterocycles. The summed E-state index contributed by atoms with van der Waals surface area (Å²) in [6, 6.07) is 8.62. The third-order valence-corrected chi connectivity index (χ3v) is 4.67. The number of nitrogens with zero attached hydrogens (tertiary/aromatic N) is 5. The number of hydrogen-bond donors (Lipinski definition) is 4. The largest absolute Gasteiger partial charge is 0.480 e. The van der Waals surface area contributed by atoms with E-state index < -0.39 is 10.0 Å². The van der Waals surface area contributed by atoms with Crippen LogP contribution in [0.1, 0.15) is 0 Å². The summed E-state index contributed by atoms with van der Waals surface area (Å²) in [6.45, 7) is 0. The Bertz CT molecular complexity index is 1040. The van der Waals surface area contributed by atoms with Crippen molar-refractivity contribution in [3.8, 4) is 5.88 Å². The van der Waals surface area contributed by atoms with Gasteiger partial charge in [-0.15, -0.1) is 15.3 Å². The van der Waals surface area contributed by atoms with Gasteiger partial charge < -0.3 is 16.2 Å². The van der Waals surface area contributed by atoms with E-state index in [1.807, 2.05) is 0 Å². The van der Waals surface area contributed by atoms with Crippen LogP contribution < -0.4 is 20.9 Å². The highest BCUT2D eigenvalue weighted by Gasteiger charge is 2.15. The molecule has 140 valence electrons. The number of methoxy groups -OCH3 is 1. The van der Waals surface area contributed by atoms with E-state index in [2.05, 4.69) is 35.3 Å². The standard InChI is InChI=1S/C14H15N9O3S/c1-26-11-7-6-10(18-19-11)23-27(24,25)9-4-2-8(3-5-9)17-20-12-13(15)21-22-14(12)16/h2-7H,1H3,(H,18,23)(H5,15,16,21,22). The number of ether oxygens (including phenoxy) is 1. The molecule has 0 fully saturated rings. The monoisotopic (exact) mass is 389 g/mol. The molecule has 3 aromatic rings. The lowest BCUT2D eigenvalue weighted by molar-refractivity contribution is 0.392. The highest BCUT2D eigenvalue weighted by atomic mass is 32.2. The fraction of sp³-hybridized carbons (Fsp3) is 0.0714. The zero-order valence-electron chi connectivity index (χ0n) is 14.0. The molecule has 0 atom stereocenters. The third kappa shape index (κ3) is 4.09. The number of H-pyrrole nitrogens is 1. The Kier molecular flexibility index (Phi) is 4.85. The predicted octanol–water partition coefficient (Wildman–Crippen LogP) is 1.59. The first-order valence-electron chi connectivity index (χ1n) is 7.40. The first kappa shape index (κ1) is 18.1. The first-order valence-corrected chi connectivity index (χ1v) is 8.89. The summed E-state index contributed by atoms with van der Waals surface area (Å²) in [5, 5.41) is 21.4. The number of sulfonamides is 1. The van der Waals surface area contributed by atoms with Crippen molar-refractivity contribution < 1.29 is 13.2 Å². The summed E-state index contributed by atoms with van der Waals surface area (Å²) < 4.78 is 32.0. The van der Waals surface area contributed by atoms with Gasteiger partial charge in [0.1, 0.15) is 5.82 Å². The number of benzene rings is 1. The summed E-state index contributed by atoms with van der Waals surface area (Å²) in [7, 11) is -2.41. The van der Waals surface area contributed by atoms with Crippen molar-refractivity contribution in [1.29, 1.82) is 0 Å². The van der Waals surface area contributed by atoms with Crippen molar-refractivity contribution in [3.05, 3.63) is 36.4 Å². The molecule has 0 bridgehead atoms. The number of azo groups is 1. The van der Waals surface area contributed by atoms with Crippen molar-refractivity contribution in [2.75, 3.05) is 23.3 Å². The van der Waals surface area contributed by atoms with E-state index in [1.54, 1.807) is 0 Å². The van der Waals surface area contributed by atoms with Gasteiger partial charge in [0.15, 0.2) is 17.3 Å². The minimum atomic E-state index is -3.84. The number of nitrogens with one attached hydrogen (secondary N) is 2. The molecule has 0 unspecified atom stereocenters. The van der Waals surface area contributed by atoms with E-state index in [9.17, 15) is 8.42 Å². The second-order valence-corrected chi connectivity index (χ2v) is 6.81. The molecule has 0 amide bonds. The molecule has 0 radical (unpaired) electrons. The molecule has 0 aliphatic carbocycles. The average molecular weight is 389 g/mol. The topological polar surface area (TPSA) is 187 Å². The van der Waals surface area contributed by atoms with Gasteiger partial charge in [-0.2, -0.15) is 10.2 Å². The molecule has 1 aromatic carbocycles. The van der Waals surface area contributed by atoms with Gasteiger partial charge in [-0.25, -0.2) is 8.42 Å². The number of aromatic amines is 1. The fourth-order valence-electron chi connectivity index (χ4n) is 1.95. The number of rotatable bonds is 6. The molecule has 13 heteroatoms. The normalized spacial score (nSPS) is 11.6. The molecule has 27 heavy (non-hydrogen) atoms. The van der Waals surface area contributed by atoms with Crippen molar-refractivity contribution in [2.24, 2.45) is 10.2 Å². The summed E-state index contributed by atoms with van der Waals surface area (Å²) >= 11 is 0. The van der Waals surface area contributed by atoms with Crippen molar-refractivity contribution in [1.82, 2.24) is 20.4 Å². The summed E-state index contributed by atoms with van der Waals surface area (Å²) in [4.78, 5) is 0.0152.